The number of anilines is 1. The lowest BCUT2D eigenvalue weighted by Crippen LogP contribution is -2.24. The number of amides is 1. The standard InChI is InChI=1S/C22H20Cl2N2O3S/c1-14-6-10-18(11-7-14)30(28,29)26-21-5-3-4-19(15(21)2)22(27)25-13-16-8-9-17(23)12-20(16)24/h3-12,26H,13H2,1-2H3,(H,25,27). The summed E-state index contributed by atoms with van der Waals surface area (Å²) in [4.78, 5) is 12.8. The van der Waals surface area contributed by atoms with Crippen molar-refractivity contribution in [2.24, 2.45) is 0 Å². The summed E-state index contributed by atoms with van der Waals surface area (Å²) >= 11 is 12.0. The van der Waals surface area contributed by atoms with Gasteiger partial charge < -0.3 is 5.32 Å². The van der Waals surface area contributed by atoms with Crippen LogP contribution in [0.15, 0.2) is 65.6 Å². The summed E-state index contributed by atoms with van der Waals surface area (Å²) < 4.78 is 27.9. The van der Waals surface area contributed by atoms with E-state index in [-0.39, 0.29) is 17.3 Å². The van der Waals surface area contributed by atoms with Gasteiger partial charge in [-0.2, -0.15) is 0 Å². The molecule has 0 saturated carbocycles. The molecule has 0 heterocycles. The van der Waals surface area contributed by atoms with Crippen molar-refractivity contribution in [3.63, 3.8) is 0 Å². The molecule has 3 aromatic carbocycles. The number of carbonyl (C=O) groups is 1. The number of aryl methyl sites for hydroxylation is 1. The Bertz CT molecular complexity index is 1190. The fourth-order valence-corrected chi connectivity index (χ4v) is 4.45. The summed E-state index contributed by atoms with van der Waals surface area (Å²) in [6.07, 6.45) is 0. The van der Waals surface area contributed by atoms with Gasteiger partial charge in [-0.15, -0.1) is 0 Å². The molecule has 2 N–H and O–H groups in total. The maximum Gasteiger partial charge on any atom is 0.261 e. The zero-order valence-corrected chi connectivity index (χ0v) is 18.7. The smallest absolute Gasteiger partial charge is 0.261 e. The predicted molar refractivity (Wildman–Crippen MR) is 121 cm³/mol. The molecule has 3 rings (SSSR count). The molecule has 1 amide bonds. The van der Waals surface area contributed by atoms with Gasteiger partial charge in [0.1, 0.15) is 0 Å². The van der Waals surface area contributed by atoms with Gasteiger partial charge in [0.25, 0.3) is 15.9 Å². The molecule has 0 saturated heterocycles. The van der Waals surface area contributed by atoms with Crippen molar-refractivity contribution in [1.82, 2.24) is 5.32 Å². The van der Waals surface area contributed by atoms with Crippen LogP contribution >= 0.6 is 23.2 Å². The van der Waals surface area contributed by atoms with Gasteiger partial charge in [-0.3, -0.25) is 9.52 Å². The molecule has 0 aliphatic carbocycles. The Morgan fingerprint density at radius 1 is 0.967 bits per heavy atom. The van der Waals surface area contributed by atoms with E-state index < -0.39 is 10.0 Å². The van der Waals surface area contributed by atoms with E-state index in [1.54, 1.807) is 67.6 Å². The van der Waals surface area contributed by atoms with Gasteiger partial charge in [-0.1, -0.05) is 53.0 Å². The first-order valence-corrected chi connectivity index (χ1v) is 11.3. The van der Waals surface area contributed by atoms with Crippen molar-refractivity contribution in [3.8, 4) is 0 Å². The summed E-state index contributed by atoms with van der Waals surface area (Å²) in [6.45, 7) is 3.79. The zero-order valence-electron chi connectivity index (χ0n) is 16.4. The molecule has 0 radical (unpaired) electrons. The molecule has 3 aromatic rings. The molecule has 0 spiro atoms. The number of hydrogen-bond acceptors (Lipinski definition) is 3. The van der Waals surface area contributed by atoms with Gasteiger partial charge in [0.15, 0.2) is 0 Å². The Labute approximate surface area is 186 Å². The largest absolute Gasteiger partial charge is 0.348 e. The molecular weight excluding hydrogens is 443 g/mol. The second-order valence-corrected chi connectivity index (χ2v) is 9.34. The molecule has 0 bridgehead atoms. The first-order valence-electron chi connectivity index (χ1n) is 9.08. The fourth-order valence-electron chi connectivity index (χ4n) is 2.85. The third-order valence-corrected chi connectivity index (χ3v) is 6.58. The van der Waals surface area contributed by atoms with Crippen LogP contribution in [-0.4, -0.2) is 14.3 Å². The predicted octanol–water partition coefficient (Wildman–Crippen LogP) is 5.34. The monoisotopic (exact) mass is 462 g/mol. The molecular formula is C22H20Cl2N2O3S. The lowest BCUT2D eigenvalue weighted by atomic mass is 10.1. The van der Waals surface area contributed by atoms with Gasteiger partial charge in [-0.25, -0.2) is 8.42 Å². The molecule has 0 fully saturated rings. The maximum atomic E-state index is 12.7. The van der Waals surface area contributed by atoms with E-state index >= 15 is 0 Å². The highest BCUT2D eigenvalue weighted by Gasteiger charge is 2.18. The van der Waals surface area contributed by atoms with Gasteiger partial charge in [-0.05, 0) is 61.4 Å². The molecule has 156 valence electrons. The Balaban J connectivity index is 1.78. The molecule has 8 heteroatoms. The first-order chi connectivity index (χ1) is 14.2. The summed E-state index contributed by atoms with van der Waals surface area (Å²) in [5, 5.41) is 3.77. The zero-order chi connectivity index (χ0) is 21.9. The Hall–Kier alpha value is -2.54. The van der Waals surface area contributed by atoms with E-state index in [2.05, 4.69) is 10.0 Å². The Morgan fingerprint density at radius 3 is 2.33 bits per heavy atom. The lowest BCUT2D eigenvalue weighted by Gasteiger charge is -2.14. The van der Waals surface area contributed by atoms with Crippen LogP contribution in [0.25, 0.3) is 0 Å². The summed E-state index contributed by atoms with van der Waals surface area (Å²) in [6, 6.07) is 16.5. The molecule has 30 heavy (non-hydrogen) atoms. The van der Waals surface area contributed by atoms with E-state index in [1.807, 2.05) is 6.92 Å². The maximum absolute atomic E-state index is 12.7. The minimum absolute atomic E-state index is 0.153. The molecule has 0 aliphatic rings. The Kier molecular flexibility index (Phi) is 6.71. The third-order valence-electron chi connectivity index (χ3n) is 4.61. The van der Waals surface area contributed by atoms with Crippen molar-refractivity contribution < 1.29 is 13.2 Å². The summed E-state index contributed by atoms with van der Waals surface area (Å²) in [5.41, 5.74) is 2.91. The fraction of sp³-hybridized carbons (Fsp3) is 0.136. The summed E-state index contributed by atoms with van der Waals surface area (Å²) in [5.74, 6) is -0.338. The van der Waals surface area contributed by atoms with Crippen LogP contribution in [0.1, 0.15) is 27.0 Å². The minimum Gasteiger partial charge on any atom is -0.348 e. The van der Waals surface area contributed by atoms with Crippen LogP contribution < -0.4 is 10.0 Å². The quantitative estimate of drug-likeness (QED) is 0.518. The molecule has 5 nitrogen and oxygen atoms in total. The van der Waals surface area contributed by atoms with Crippen LogP contribution in [-0.2, 0) is 16.6 Å². The average Bonchev–Trinajstić information content (AvgIpc) is 2.69. The van der Waals surface area contributed by atoms with Gasteiger partial charge in [0.2, 0.25) is 0 Å². The number of hydrogen-bond donors (Lipinski definition) is 2. The van der Waals surface area contributed by atoms with E-state index in [1.165, 1.54) is 0 Å². The van der Waals surface area contributed by atoms with Crippen LogP contribution in [0.4, 0.5) is 5.69 Å². The van der Waals surface area contributed by atoms with E-state index in [0.29, 0.717) is 26.9 Å². The number of benzene rings is 3. The number of sulfonamides is 1. The van der Waals surface area contributed by atoms with Gasteiger partial charge in [0.05, 0.1) is 10.6 Å². The lowest BCUT2D eigenvalue weighted by molar-refractivity contribution is 0.0950. The van der Waals surface area contributed by atoms with Crippen molar-refractivity contribution in [3.05, 3.63) is 93.0 Å². The van der Waals surface area contributed by atoms with Crippen LogP contribution in [0.5, 0.6) is 0 Å². The SMILES string of the molecule is Cc1ccc(S(=O)(=O)Nc2cccc(C(=O)NCc3ccc(Cl)cc3Cl)c2C)cc1. The first kappa shape index (κ1) is 22.2. The number of carbonyl (C=O) groups excluding carboxylic acids is 1. The van der Waals surface area contributed by atoms with E-state index in [9.17, 15) is 13.2 Å². The second kappa shape index (κ2) is 9.08. The Morgan fingerprint density at radius 2 is 1.67 bits per heavy atom. The third kappa shape index (κ3) is 5.14. The molecule has 0 aromatic heterocycles. The van der Waals surface area contributed by atoms with Gasteiger partial charge >= 0.3 is 0 Å². The highest BCUT2D eigenvalue weighted by molar-refractivity contribution is 7.92. The topological polar surface area (TPSA) is 75.3 Å². The highest BCUT2D eigenvalue weighted by Crippen LogP contribution is 2.24. The molecule has 0 aliphatic heterocycles. The number of rotatable bonds is 6. The second-order valence-electron chi connectivity index (χ2n) is 6.82. The number of nitrogens with one attached hydrogen (secondary N) is 2. The van der Waals surface area contributed by atoms with E-state index in [0.717, 1.165) is 11.1 Å². The normalized spacial score (nSPS) is 11.2. The van der Waals surface area contributed by atoms with Crippen molar-refractivity contribution in [2.75, 3.05) is 4.72 Å². The molecule has 0 atom stereocenters. The minimum atomic E-state index is -3.77. The number of halogens is 2. The van der Waals surface area contributed by atoms with Crippen LogP contribution in [0, 0.1) is 13.8 Å². The van der Waals surface area contributed by atoms with Crippen molar-refractivity contribution in [1.29, 1.82) is 0 Å². The van der Waals surface area contributed by atoms with Gasteiger partial charge in [0, 0.05) is 22.2 Å². The van der Waals surface area contributed by atoms with Crippen LogP contribution in [0.3, 0.4) is 0 Å². The van der Waals surface area contributed by atoms with Crippen LogP contribution in [0.2, 0.25) is 10.0 Å². The van der Waals surface area contributed by atoms with Crippen molar-refractivity contribution >= 4 is 44.8 Å². The molecule has 0 unspecified atom stereocenters. The van der Waals surface area contributed by atoms with E-state index in [4.69, 9.17) is 23.2 Å². The summed E-state index contributed by atoms with van der Waals surface area (Å²) in [7, 11) is -3.77. The average molecular weight is 463 g/mol. The highest BCUT2D eigenvalue weighted by atomic mass is 35.5. The van der Waals surface area contributed by atoms with Crippen molar-refractivity contribution in [2.45, 2.75) is 25.3 Å².